The monoisotopic (exact) mass is 173 g/mol. The van der Waals surface area contributed by atoms with E-state index in [1.165, 1.54) is 17.0 Å². The van der Waals surface area contributed by atoms with Crippen LogP contribution in [0.25, 0.3) is 6.08 Å². The summed E-state index contributed by atoms with van der Waals surface area (Å²) in [5.74, 6) is 1.77. The second kappa shape index (κ2) is 2.59. The Kier molecular flexibility index (Phi) is 1.42. The molecule has 0 saturated carbocycles. The van der Waals surface area contributed by atoms with Gasteiger partial charge in [-0.3, -0.25) is 4.98 Å². The van der Waals surface area contributed by atoms with Crippen molar-refractivity contribution in [2.24, 2.45) is 5.92 Å². The minimum atomic E-state index is 0.599. The Morgan fingerprint density at radius 3 is 3.46 bits per heavy atom. The summed E-state index contributed by atoms with van der Waals surface area (Å²) < 4.78 is 5.55. The van der Waals surface area contributed by atoms with Crippen molar-refractivity contribution in [2.75, 3.05) is 6.61 Å². The number of hydrogen-bond acceptors (Lipinski definition) is 2. The zero-order valence-electron chi connectivity index (χ0n) is 7.36. The summed E-state index contributed by atoms with van der Waals surface area (Å²) in [6.45, 7) is 0.879. The van der Waals surface area contributed by atoms with Crippen LogP contribution in [-0.4, -0.2) is 11.6 Å². The molecule has 2 nitrogen and oxygen atoms in total. The molecule has 1 aliphatic heterocycles. The van der Waals surface area contributed by atoms with Gasteiger partial charge in [-0.2, -0.15) is 0 Å². The molecule has 1 aliphatic carbocycles. The molecule has 1 saturated heterocycles. The van der Waals surface area contributed by atoms with Crippen LogP contribution >= 0.6 is 0 Å². The van der Waals surface area contributed by atoms with Gasteiger partial charge < -0.3 is 4.74 Å². The minimum Gasteiger partial charge on any atom is -0.498 e. The first kappa shape index (κ1) is 7.13. The van der Waals surface area contributed by atoms with E-state index < -0.39 is 0 Å². The molecule has 66 valence electrons. The van der Waals surface area contributed by atoms with Crippen LogP contribution in [0.3, 0.4) is 0 Å². The van der Waals surface area contributed by atoms with Crippen LogP contribution in [0, 0.1) is 5.92 Å². The molecule has 1 fully saturated rings. The molecule has 0 aromatic carbocycles. The molecule has 1 aromatic rings. The van der Waals surface area contributed by atoms with Gasteiger partial charge in [0.05, 0.1) is 6.61 Å². The second-order valence-corrected chi connectivity index (χ2v) is 3.62. The fraction of sp³-hybridized carbons (Fsp3) is 0.364. The third kappa shape index (κ3) is 1.05. The molecule has 0 spiro atoms. The lowest BCUT2D eigenvalue weighted by molar-refractivity contribution is 0.261. The average molecular weight is 173 g/mol. The van der Waals surface area contributed by atoms with Gasteiger partial charge in [0.2, 0.25) is 0 Å². The second-order valence-electron chi connectivity index (χ2n) is 3.62. The molecule has 1 unspecified atom stereocenters. The highest BCUT2D eigenvalue weighted by molar-refractivity contribution is 5.57. The zero-order valence-corrected chi connectivity index (χ0v) is 7.36. The van der Waals surface area contributed by atoms with Crippen molar-refractivity contribution in [3.05, 3.63) is 35.3 Å². The largest absolute Gasteiger partial charge is 0.498 e. The van der Waals surface area contributed by atoms with E-state index in [2.05, 4.69) is 17.1 Å². The number of fused-ring (bicyclic) bond motifs is 2. The van der Waals surface area contributed by atoms with Gasteiger partial charge in [0.25, 0.3) is 0 Å². The lowest BCUT2D eigenvalue weighted by Crippen LogP contribution is -2.09. The molecule has 0 radical (unpaired) electrons. The number of pyridine rings is 1. The number of rotatable bonds is 0. The van der Waals surface area contributed by atoms with Gasteiger partial charge in [0, 0.05) is 24.2 Å². The first-order valence-corrected chi connectivity index (χ1v) is 4.72. The lowest BCUT2D eigenvalue weighted by atomic mass is 9.91. The van der Waals surface area contributed by atoms with Crippen molar-refractivity contribution in [3.8, 4) is 0 Å². The molecule has 1 aromatic heterocycles. The van der Waals surface area contributed by atoms with E-state index in [1.807, 2.05) is 12.3 Å². The molecule has 1 atom stereocenters. The van der Waals surface area contributed by atoms with Gasteiger partial charge in [-0.25, -0.2) is 0 Å². The summed E-state index contributed by atoms with van der Waals surface area (Å²) in [4.78, 5) is 4.38. The zero-order chi connectivity index (χ0) is 8.67. The van der Waals surface area contributed by atoms with Gasteiger partial charge in [0.15, 0.2) is 0 Å². The molecule has 0 N–H and O–H groups in total. The Morgan fingerprint density at radius 2 is 2.46 bits per heavy atom. The molecule has 2 aliphatic rings. The summed E-state index contributed by atoms with van der Waals surface area (Å²) in [5.41, 5.74) is 2.46. The maximum Gasteiger partial charge on any atom is 0.100 e. The van der Waals surface area contributed by atoms with Crippen LogP contribution in [0.2, 0.25) is 0 Å². The first-order chi connectivity index (χ1) is 6.43. The number of ether oxygens (including phenoxy) is 1. The van der Waals surface area contributed by atoms with E-state index in [9.17, 15) is 0 Å². The van der Waals surface area contributed by atoms with E-state index >= 15 is 0 Å². The highest BCUT2D eigenvalue weighted by Crippen LogP contribution is 2.34. The normalized spacial score (nSPS) is 24.3. The van der Waals surface area contributed by atoms with Gasteiger partial charge in [-0.1, -0.05) is 6.07 Å². The van der Waals surface area contributed by atoms with E-state index in [0.717, 1.165) is 19.4 Å². The molecular weight excluding hydrogens is 162 g/mol. The Labute approximate surface area is 77.3 Å². The Hall–Kier alpha value is -1.31. The van der Waals surface area contributed by atoms with Crippen molar-refractivity contribution in [1.82, 2.24) is 4.98 Å². The van der Waals surface area contributed by atoms with Gasteiger partial charge >= 0.3 is 0 Å². The predicted octanol–water partition coefficient (Wildman–Crippen LogP) is 2.02. The van der Waals surface area contributed by atoms with Gasteiger partial charge in [-0.05, 0) is 24.1 Å². The highest BCUT2D eigenvalue weighted by Gasteiger charge is 2.27. The maximum atomic E-state index is 5.55. The standard InChI is InChI=1S/C11H11NO/c1-2-8-7-11-9(3-5-13-11)6-10(8)12-4-1/h1-2,4,7,9H,3,5-6H2. The molecule has 13 heavy (non-hydrogen) atoms. The summed E-state index contributed by atoms with van der Waals surface area (Å²) in [6, 6.07) is 4.08. The van der Waals surface area contributed by atoms with Crippen molar-refractivity contribution >= 4 is 6.08 Å². The van der Waals surface area contributed by atoms with Gasteiger partial charge in [-0.15, -0.1) is 0 Å². The molecule has 3 rings (SSSR count). The number of aromatic nitrogens is 1. The van der Waals surface area contributed by atoms with E-state index in [-0.39, 0.29) is 0 Å². The molecule has 0 amide bonds. The topological polar surface area (TPSA) is 22.1 Å². The molecular formula is C11H11NO. The number of allylic oxidation sites excluding steroid dienone is 1. The minimum absolute atomic E-state index is 0.599. The first-order valence-electron chi connectivity index (χ1n) is 4.72. The lowest BCUT2D eigenvalue weighted by Gasteiger charge is -2.16. The predicted molar refractivity (Wildman–Crippen MR) is 50.0 cm³/mol. The smallest absolute Gasteiger partial charge is 0.100 e. The Bertz CT molecular complexity index is 370. The van der Waals surface area contributed by atoms with Crippen molar-refractivity contribution in [2.45, 2.75) is 12.8 Å². The van der Waals surface area contributed by atoms with Crippen LogP contribution in [0.4, 0.5) is 0 Å². The summed E-state index contributed by atoms with van der Waals surface area (Å²) in [7, 11) is 0. The average Bonchev–Trinajstić information content (AvgIpc) is 2.61. The Balaban J connectivity index is 2.10. The third-order valence-corrected chi connectivity index (χ3v) is 2.80. The van der Waals surface area contributed by atoms with Crippen LogP contribution in [0.15, 0.2) is 24.1 Å². The van der Waals surface area contributed by atoms with E-state index in [1.54, 1.807) is 0 Å². The van der Waals surface area contributed by atoms with Crippen LogP contribution in [-0.2, 0) is 11.2 Å². The van der Waals surface area contributed by atoms with Crippen molar-refractivity contribution in [1.29, 1.82) is 0 Å². The third-order valence-electron chi connectivity index (χ3n) is 2.80. The Morgan fingerprint density at radius 1 is 1.46 bits per heavy atom. The maximum absolute atomic E-state index is 5.55. The number of nitrogens with zero attached hydrogens (tertiary/aromatic N) is 1. The molecule has 2 heterocycles. The quantitative estimate of drug-likeness (QED) is 0.598. The van der Waals surface area contributed by atoms with Crippen LogP contribution in [0.1, 0.15) is 17.7 Å². The van der Waals surface area contributed by atoms with Crippen molar-refractivity contribution in [3.63, 3.8) is 0 Å². The summed E-state index contributed by atoms with van der Waals surface area (Å²) in [5, 5.41) is 0. The SMILES string of the molecule is C1=C2OCCC2Cc2ncccc21. The van der Waals surface area contributed by atoms with Crippen LogP contribution < -0.4 is 0 Å². The van der Waals surface area contributed by atoms with Gasteiger partial charge in [0.1, 0.15) is 5.76 Å². The van der Waals surface area contributed by atoms with E-state index in [4.69, 9.17) is 4.74 Å². The summed E-state index contributed by atoms with van der Waals surface area (Å²) in [6.07, 6.45) is 6.22. The number of hydrogen-bond donors (Lipinski definition) is 0. The highest BCUT2D eigenvalue weighted by atomic mass is 16.5. The fourth-order valence-electron chi connectivity index (χ4n) is 2.08. The molecule has 2 heteroatoms. The van der Waals surface area contributed by atoms with Crippen LogP contribution in [0.5, 0.6) is 0 Å². The fourth-order valence-corrected chi connectivity index (χ4v) is 2.08. The van der Waals surface area contributed by atoms with E-state index in [0.29, 0.717) is 5.92 Å². The summed E-state index contributed by atoms with van der Waals surface area (Å²) >= 11 is 0. The molecule has 0 bridgehead atoms. The van der Waals surface area contributed by atoms with Crippen molar-refractivity contribution < 1.29 is 4.74 Å².